The predicted octanol–water partition coefficient (Wildman–Crippen LogP) is 2.82. The summed E-state index contributed by atoms with van der Waals surface area (Å²) < 4.78 is 7.44. The number of nitrogens with zero attached hydrogens (tertiary/aromatic N) is 5. The minimum atomic E-state index is -1.22. The zero-order chi connectivity index (χ0) is 24.6. The van der Waals surface area contributed by atoms with Crippen molar-refractivity contribution in [1.29, 1.82) is 0 Å². The van der Waals surface area contributed by atoms with Crippen molar-refractivity contribution in [2.45, 2.75) is 65.5 Å². The van der Waals surface area contributed by atoms with Gasteiger partial charge < -0.3 is 20.9 Å². The number of carboxylic acid groups (broad SMARTS) is 1. The van der Waals surface area contributed by atoms with Gasteiger partial charge >= 0.3 is 5.97 Å². The number of anilines is 1. The van der Waals surface area contributed by atoms with Crippen LogP contribution >= 0.6 is 0 Å². The van der Waals surface area contributed by atoms with Gasteiger partial charge in [-0.2, -0.15) is 0 Å². The Balaban J connectivity index is 2.29. The van der Waals surface area contributed by atoms with Crippen LogP contribution < -0.4 is 11.1 Å². The Bertz CT molecular complexity index is 875. The highest BCUT2D eigenvalue weighted by atomic mass is 28.3. The molecule has 2 aromatic heterocycles. The molecule has 0 radical (unpaired) electrons. The lowest BCUT2D eigenvalue weighted by Crippen LogP contribution is -2.36. The number of pyridine rings is 1. The monoisotopic (exact) mass is 477 g/mol. The molecule has 11 heteroatoms. The molecule has 0 spiro atoms. The van der Waals surface area contributed by atoms with Crippen LogP contribution in [0.5, 0.6) is 0 Å². The molecule has 2 heterocycles. The number of nitrogens with two attached hydrogens (primary N) is 1. The molecule has 2 rings (SSSR count). The summed E-state index contributed by atoms with van der Waals surface area (Å²) >= 11 is 0. The number of tetrazole rings is 1. The Hall–Kier alpha value is -2.37. The van der Waals surface area contributed by atoms with Gasteiger partial charge in [-0.1, -0.05) is 46.5 Å². The lowest BCUT2D eigenvalue weighted by molar-refractivity contribution is -0.146. The fourth-order valence-electron chi connectivity index (χ4n) is 3.71. The van der Waals surface area contributed by atoms with Crippen molar-refractivity contribution in [3.05, 3.63) is 29.7 Å². The first-order valence-corrected chi connectivity index (χ1v) is 15.1. The molecule has 0 aromatic carbocycles. The van der Waals surface area contributed by atoms with Gasteiger partial charge in [-0.3, -0.25) is 4.79 Å². The fourth-order valence-corrected chi connectivity index (χ4v) is 4.46. The van der Waals surface area contributed by atoms with E-state index < -0.39 is 31.3 Å². The maximum atomic E-state index is 12.4. The fraction of sp³-hybridized carbons (Fsp3) is 0.682. The van der Waals surface area contributed by atoms with Gasteiger partial charge in [0.2, 0.25) is 0 Å². The molecule has 33 heavy (non-hydrogen) atoms. The van der Waals surface area contributed by atoms with Gasteiger partial charge in [0, 0.05) is 39.9 Å². The lowest BCUT2D eigenvalue weighted by Gasteiger charge is -2.33. The van der Waals surface area contributed by atoms with Crippen molar-refractivity contribution in [1.82, 2.24) is 25.2 Å². The maximum Gasteiger partial charge on any atom is 0.307 e. The average molecular weight is 478 g/mol. The van der Waals surface area contributed by atoms with Crippen molar-refractivity contribution in [3.63, 3.8) is 0 Å². The van der Waals surface area contributed by atoms with Crippen molar-refractivity contribution >= 4 is 19.9 Å². The summed E-state index contributed by atoms with van der Waals surface area (Å²) in [6.45, 7) is 14.6. The summed E-state index contributed by atoms with van der Waals surface area (Å²) in [5.74, 6) is -0.805. The number of rotatable bonds is 13. The van der Waals surface area contributed by atoms with Crippen molar-refractivity contribution in [2.75, 3.05) is 25.0 Å². The van der Waals surface area contributed by atoms with Gasteiger partial charge in [0.15, 0.2) is 5.82 Å². The topological polar surface area (TPSA) is 141 Å². The molecule has 0 bridgehead atoms. The van der Waals surface area contributed by atoms with Crippen molar-refractivity contribution in [2.24, 2.45) is 17.1 Å². The first kappa shape index (κ1) is 26.9. The van der Waals surface area contributed by atoms with Crippen LogP contribution in [0.25, 0.3) is 0 Å². The van der Waals surface area contributed by atoms with E-state index in [0.717, 1.165) is 17.4 Å². The normalized spacial score (nSPS) is 14.2. The third-order valence-electron chi connectivity index (χ3n) is 5.43. The van der Waals surface area contributed by atoms with Crippen LogP contribution in [0, 0.1) is 11.3 Å². The van der Waals surface area contributed by atoms with Gasteiger partial charge in [-0.15, -0.1) is 5.10 Å². The first-order chi connectivity index (χ1) is 15.4. The van der Waals surface area contributed by atoms with E-state index in [0.29, 0.717) is 31.9 Å². The van der Waals surface area contributed by atoms with Crippen molar-refractivity contribution < 1.29 is 14.6 Å². The van der Waals surface area contributed by atoms with Gasteiger partial charge in [-0.25, -0.2) is 9.67 Å². The standard InChI is InChI=1S/C22H39N7O3Si/c1-22(2,3)19(21(30)31)17(13-16-7-8-18(25-14-16)24-10-9-23)20-26-27-28-29(20)15-32-11-12-33(4,5)6/h7-8,14,17,19H,9-13,15,23H2,1-6H3,(H,24,25)(H,30,31)/t17-,19-/m0/s1. The van der Waals surface area contributed by atoms with E-state index in [-0.39, 0.29) is 6.73 Å². The number of nitrogens with one attached hydrogen (secondary N) is 1. The zero-order valence-electron chi connectivity index (χ0n) is 20.7. The number of carbonyl (C=O) groups is 1. The summed E-state index contributed by atoms with van der Waals surface area (Å²) in [6.07, 6.45) is 2.19. The lowest BCUT2D eigenvalue weighted by atomic mass is 9.71. The highest BCUT2D eigenvalue weighted by molar-refractivity contribution is 6.76. The molecule has 4 N–H and O–H groups in total. The SMILES string of the molecule is CC(C)(C)[C@H](C(=O)O)[C@H](Cc1ccc(NCCN)nc1)c1nnnn1COCC[Si](C)(C)C. The van der Waals surface area contributed by atoms with Crippen LogP contribution in [-0.2, 0) is 22.7 Å². The molecule has 184 valence electrons. The van der Waals surface area contributed by atoms with Gasteiger partial charge in [0.05, 0.1) is 5.92 Å². The predicted molar refractivity (Wildman–Crippen MR) is 131 cm³/mol. The third kappa shape index (κ3) is 8.48. The molecule has 10 nitrogen and oxygen atoms in total. The minimum Gasteiger partial charge on any atom is -0.481 e. The van der Waals surface area contributed by atoms with Crippen LogP contribution in [0.4, 0.5) is 5.82 Å². The number of hydrogen-bond donors (Lipinski definition) is 3. The number of aliphatic carboxylic acids is 1. The molecular weight excluding hydrogens is 438 g/mol. The smallest absolute Gasteiger partial charge is 0.307 e. The summed E-state index contributed by atoms with van der Waals surface area (Å²) in [7, 11) is -1.22. The van der Waals surface area contributed by atoms with Crippen LogP contribution in [0.2, 0.25) is 25.7 Å². The average Bonchev–Trinajstić information content (AvgIpc) is 3.16. The summed E-state index contributed by atoms with van der Waals surface area (Å²) in [5, 5.41) is 25.5. The molecule has 0 aliphatic carbocycles. The highest BCUT2D eigenvalue weighted by Crippen LogP contribution is 2.39. The molecule has 0 aliphatic heterocycles. The summed E-state index contributed by atoms with van der Waals surface area (Å²) in [6, 6.07) is 4.85. The number of ether oxygens (including phenoxy) is 1. The zero-order valence-corrected chi connectivity index (χ0v) is 21.7. The molecule has 0 amide bonds. The van der Waals surface area contributed by atoms with Gasteiger partial charge in [0.25, 0.3) is 0 Å². The molecule has 2 atom stereocenters. The maximum absolute atomic E-state index is 12.4. The second-order valence-electron chi connectivity index (χ2n) is 10.6. The molecule has 0 saturated carbocycles. The Kier molecular flexibility index (Phi) is 9.50. The van der Waals surface area contributed by atoms with Gasteiger partial charge in [-0.05, 0) is 39.9 Å². The van der Waals surface area contributed by atoms with E-state index in [4.69, 9.17) is 10.5 Å². The molecule has 0 fully saturated rings. The molecule has 0 saturated heterocycles. The second kappa shape index (κ2) is 11.7. The molecule has 2 aromatic rings. The van der Waals surface area contributed by atoms with Crippen molar-refractivity contribution in [3.8, 4) is 0 Å². The Morgan fingerprint density at radius 3 is 2.58 bits per heavy atom. The first-order valence-electron chi connectivity index (χ1n) is 11.4. The van der Waals surface area contributed by atoms with E-state index in [9.17, 15) is 9.90 Å². The van der Waals surface area contributed by atoms with E-state index in [1.807, 2.05) is 32.9 Å². The highest BCUT2D eigenvalue weighted by Gasteiger charge is 2.41. The summed E-state index contributed by atoms with van der Waals surface area (Å²) in [5.41, 5.74) is 5.93. The summed E-state index contributed by atoms with van der Waals surface area (Å²) in [4.78, 5) is 16.8. The van der Waals surface area contributed by atoms with Crippen LogP contribution in [0.3, 0.4) is 0 Å². The Morgan fingerprint density at radius 2 is 2.03 bits per heavy atom. The number of aromatic nitrogens is 5. The Morgan fingerprint density at radius 1 is 1.30 bits per heavy atom. The number of carboxylic acids is 1. The van der Waals surface area contributed by atoms with Crippen LogP contribution in [0.15, 0.2) is 18.3 Å². The molecule has 0 unspecified atom stereocenters. The van der Waals surface area contributed by atoms with Crippen LogP contribution in [0.1, 0.15) is 38.1 Å². The Labute approximate surface area is 197 Å². The molecule has 0 aliphatic rings. The third-order valence-corrected chi connectivity index (χ3v) is 7.14. The van der Waals surface area contributed by atoms with Crippen LogP contribution in [-0.4, -0.2) is 64.0 Å². The van der Waals surface area contributed by atoms with Gasteiger partial charge in [0.1, 0.15) is 12.5 Å². The largest absolute Gasteiger partial charge is 0.481 e. The second-order valence-corrected chi connectivity index (χ2v) is 16.3. The van der Waals surface area contributed by atoms with E-state index in [1.54, 1.807) is 10.9 Å². The van der Waals surface area contributed by atoms with E-state index in [1.165, 1.54) is 0 Å². The number of hydrogen-bond acceptors (Lipinski definition) is 8. The van der Waals surface area contributed by atoms with E-state index in [2.05, 4.69) is 45.5 Å². The quantitative estimate of drug-likeness (QED) is 0.293. The van der Waals surface area contributed by atoms with E-state index >= 15 is 0 Å². The molecular formula is C22H39N7O3Si. The minimum absolute atomic E-state index is 0.194.